The molecule has 3 nitrogen and oxygen atoms in total. The fraction of sp³-hybridized carbons (Fsp3) is 0.217. The molecule has 3 aromatic carbocycles. The van der Waals surface area contributed by atoms with E-state index in [-0.39, 0.29) is 20.9 Å². The summed E-state index contributed by atoms with van der Waals surface area (Å²) < 4.78 is 18.1. The van der Waals surface area contributed by atoms with E-state index in [1.165, 1.54) is 10.0 Å². The van der Waals surface area contributed by atoms with Gasteiger partial charge in [0.2, 0.25) is 0 Å². The minimum atomic E-state index is 0.119. The molecule has 0 saturated carbocycles. The number of ether oxygens (including phenoxy) is 3. The summed E-state index contributed by atoms with van der Waals surface area (Å²) in [5, 5.41) is 1.75. The summed E-state index contributed by atoms with van der Waals surface area (Å²) in [6.45, 7) is 0. The van der Waals surface area contributed by atoms with Gasteiger partial charge in [0, 0.05) is 0 Å². The van der Waals surface area contributed by atoms with E-state index in [0.29, 0.717) is 5.75 Å². The van der Waals surface area contributed by atoms with Crippen molar-refractivity contribution in [3.05, 3.63) is 82.9 Å². The molecule has 0 aliphatic carbocycles. The Kier molecular flexibility index (Phi) is 7.27. The molecule has 3 aromatic rings. The van der Waals surface area contributed by atoms with E-state index in [1.807, 2.05) is 36.4 Å². The molecule has 0 heterocycles. The first-order chi connectivity index (χ1) is 13.7. The molecular formula is C23H23ClO3Se. The zero-order valence-corrected chi connectivity index (χ0v) is 18.6. The molecule has 0 fully saturated rings. The zero-order valence-electron chi connectivity index (χ0n) is 16.1. The van der Waals surface area contributed by atoms with Gasteiger partial charge in [0.05, 0.1) is 0 Å². The van der Waals surface area contributed by atoms with Crippen molar-refractivity contribution in [2.75, 3.05) is 21.3 Å². The monoisotopic (exact) mass is 462 g/mol. The van der Waals surface area contributed by atoms with E-state index in [2.05, 4.69) is 30.3 Å². The topological polar surface area (TPSA) is 27.7 Å². The summed E-state index contributed by atoms with van der Waals surface area (Å²) in [7, 11) is 5.00. The number of methoxy groups -OCH3 is 3. The van der Waals surface area contributed by atoms with Crippen LogP contribution in [0, 0.1) is 0 Å². The fourth-order valence-electron chi connectivity index (χ4n) is 3.14. The van der Waals surface area contributed by atoms with Crippen molar-refractivity contribution < 1.29 is 14.2 Å². The van der Waals surface area contributed by atoms with Gasteiger partial charge in [0.1, 0.15) is 0 Å². The molecule has 0 aromatic heterocycles. The zero-order chi connectivity index (χ0) is 19.9. The molecule has 0 amide bonds. The maximum atomic E-state index is 6.41. The Labute approximate surface area is 177 Å². The Balaban J connectivity index is 2.06. The molecule has 0 spiro atoms. The van der Waals surface area contributed by atoms with Crippen LogP contribution in [0.3, 0.4) is 0 Å². The molecule has 0 N–H and O–H groups in total. The van der Waals surface area contributed by atoms with Crippen molar-refractivity contribution in [1.29, 1.82) is 0 Å². The van der Waals surface area contributed by atoms with Crippen molar-refractivity contribution in [3.8, 4) is 17.2 Å². The van der Waals surface area contributed by atoms with Crippen LogP contribution in [-0.2, 0) is 0 Å². The van der Waals surface area contributed by atoms with E-state index in [9.17, 15) is 0 Å². The number of benzene rings is 3. The van der Waals surface area contributed by atoms with Crippen molar-refractivity contribution in [2.45, 2.75) is 11.2 Å². The predicted molar refractivity (Wildman–Crippen MR) is 116 cm³/mol. The quantitative estimate of drug-likeness (QED) is 0.444. The van der Waals surface area contributed by atoms with Crippen LogP contribution in [0.5, 0.6) is 17.2 Å². The van der Waals surface area contributed by atoms with Gasteiger partial charge < -0.3 is 0 Å². The van der Waals surface area contributed by atoms with Crippen LogP contribution in [0.2, 0.25) is 10.3 Å². The molecule has 28 heavy (non-hydrogen) atoms. The van der Waals surface area contributed by atoms with E-state index >= 15 is 0 Å². The minimum absolute atomic E-state index is 0.119. The molecule has 0 aliphatic rings. The standard InChI is InChI=1S/C23H23ClO3Se/c1-25-17-13-20(26-2)23(21(14-17)27-3)18(16-9-5-4-6-10-16)15-28-22-12-8-7-11-19(22)24/h4-14,18H,15H2,1-3H3. The maximum absolute atomic E-state index is 6.41. The van der Waals surface area contributed by atoms with Crippen molar-refractivity contribution in [1.82, 2.24) is 0 Å². The third-order valence-corrected chi connectivity index (χ3v) is 7.58. The molecule has 5 heteroatoms. The average molecular weight is 462 g/mol. The molecule has 1 atom stereocenters. The van der Waals surface area contributed by atoms with Crippen LogP contribution in [0.1, 0.15) is 17.0 Å². The average Bonchev–Trinajstić information content (AvgIpc) is 2.75. The van der Waals surface area contributed by atoms with Gasteiger partial charge in [-0.05, 0) is 0 Å². The van der Waals surface area contributed by atoms with Crippen LogP contribution in [-0.4, -0.2) is 36.3 Å². The summed E-state index contributed by atoms with van der Waals surface area (Å²) in [5.41, 5.74) is 2.25. The van der Waals surface area contributed by atoms with Gasteiger partial charge in [0.15, 0.2) is 0 Å². The fourth-order valence-corrected chi connectivity index (χ4v) is 5.84. The Hall–Kier alpha value is -2.13. The third kappa shape index (κ3) is 4.64. The Morgan fingerprint density at radius 3 is 2.00 bits per heavy atom. The van der Waals surface area contributed by atoms with Crippen LogP contribution < -0.4 is 18.7 Å². The molecular weight excluding hydrogens is 439 g/mol. The summed E-state index contributed by atoms with van der Waals surface area (Å²) in [6.07, 6.45) is 0. The summed E-state index contributed by atoms with van der Waals surface area (Å²) >= 11 is 6.60. The molecule has 146 valence electrons. The first kappa shape index (κ1) is 20.6. The van der Waals surface area contributed by atoms with Gasteiger partial charge in [0.25, 0.3) is 0 Å². The Morgan fingerprint density at radius 1 is 0.821 bits per heavy atom. The van der Waals surface area contributed by atoms with Crippen LogP contribution >= 0.6 is 11.6 Å². The number of hydrogen-bond acceptors (Lipinski definition) is 3. The van der Waals surface area contributed by atoms with Gasteiger partial charge in [-0.3, -0.25) is 0 Å². The van der Waals surface area contributed by atoms with Crippen molar-refractivity contribution in [3.63, 3.8) is 0 Å². The first-order valence-electron chi connectivity index (χ1n) is 8.90. The summed E-state index contributed by atoms with van der Waals surface area (Å²) in [4.78, 5) is 0. The van der Waals surface area contributed by atoms with E-state index in [0.717, 1.165) is 27.4 Å². The van der Waals surface area contributed by atoms with Crippen molar-refractivity contribution in [2.24, 2.45) is 0 Å². The SMILES string of the molecule is COc1cc(OC)c(C(C[Se]c2ccccc2Cl)c2ccccc2)c(OC)c1. The third-order valence-electron chi connectivity index (χ3n) is 4.55. The molecule has 1 unspecified atom stereocenters. The summed E-state index contributed by atoms with van der Waals surface area (Å²) in [6, 6.07) is 22.3. The van der Waals surface area contributed by atoms with Crippen LogP contribution in [0.25, 0.3) is 0 Å². The van der Waals surface area contributed by atoms with Crippen LogP contribution in [0.4, 0.5) is 0 Å². The first-order valence-corrected chi connectivity index (χ1v) is 11.3. The second-order valence-electron chi connectivity index (χ2n) is 6.15. The van der Waals surface area contributed by atoms with E-state index in [4.69, 9.17) is 25.8 Å². The number of hydrogen-bond donors (Lipinski definition) is 0. The second kappa shape index (κ2) is 9.88. The van der Waals surface area contributed by atoms with E-state index in [1.54, 1.807) is 21.3 Å². The number of halogens is 1. The Bertz CT molecular complexity index is 890. The molecule has 0 radical (unpaired) electrons. The van der Waals surface area contributed by atoms with Gasteiger partial charge in [-0.2, -0.15) is 0 Å². The predicted octanol–water partition coefficient (Wildman–Crippen LogP) is 4.95. The normalized spacial score (nSPS) is 11.7. The molecule has 0 saturated heterocycles. The van der Waals surface area contributed by atoms with Crippen molar-refractivity contribution >= 4 is 31.0 Å². The molecule has 0 bridgehead atoms. The van der Waals surface area contributed by atoms with Gasteiger partial charge in [-0.25, -0.2) is 0 Å². The van der Waals surface area contributed by atoms with Crippen LogP contribution in [0.15, 0.2) is 66.7 Å². The Morgan fingerprint density at radius 2 is 1.43 bits per heavy atom. The van der Waals surface area contributed by atoms with Gasteiger partial charge in [-0.1, -0.05) is 0 Å². The van der Waals surface area contributed by atoms with Gasteiger partial charge in [-0.15, -0.1) is 0 Å². The molecule has 3 rings (SSSR count). The van der Waals surface area contributed by atoms with Gasteiger partial charge >= 0.3 is 178 Å². The van der Waals surface area contributed by atoms with E-state index < -0.39 is 0 Å². The summed E-state index contributed by atoms with van der Waals surface area (Å²) in [5.74, 6) is 2.36. The second-order valence-corrected chi connectivity index (χ2v) is 8.79. The number of rotatable bonds is 8. The molecule has 0 aliphatic heterocycles.